The van der Waals surface area contributed by atoms with Gasteiger partial charge in [-0.3, -0.25) is 9.59 Å². The molecule has 2 rings (SSSR count). The first kappa shape index (κ1) is 12.0. The van der Waals surface area contributed by atoms with E-state index in [-0.39, 0.29) is 18.5 Å². The summed E-state index contributed by atoms with van der Waals surface area (Å²) in [5.74, 6) is -1.03. The molecule has 0 saturated heterocycles. The topological polar surface area (TPSA) is 70.5 Å². The molecule has 5 nitrogen and oxygen atoms in total. The molecule has 1 saturated carbocycles. The van der Waals surface area contributed by atoms with Crippen LogP contribution in [0.15, 0.2) is 10.9 Å². The van der Waals surface area contributed by atoms with Crippen molar-refractivity contribution in [3.63, 3.8) is 0 Å². The fourth-order valence-electron chi connectivity index (χ4n) is 1.69. The van der Waals surface area contributed by atoms with Crippen LogP contribution < -0.4 is 0 Å². The number of hydrogen-bond donors (Lipinski definition) is 1. The molecule has 17 heavy (non-hydrogen) atoms. The van der Waals surface area contributed by atoms with Crippen molar-refractivity contribution in [3.8, 4) is 0 Å². The largest absolute Gasteiger partial charge is 0.480 e. The van der Waals surface area contributed by atoms with Gasteiger partial charge in [-0.25, -0.2) is 4.98 Å². The quantitative estimate of drug-likeness (QED) is 0.826. The molecule has 6 heteroatoms. The van der Waals surface area contributed by atoms with E-state index >= 15 is 0 Å². The molecule has 1 aromatic rings. The average molecular weight is 254 g/mol. The van der Waals surface area contributed by atoms with Crippen molar-refractivity contribution in [3.05, 3.63) is 16.6 Å². The highest BCUT2D eigenvalue weighted by atomic mass is 32.1. The highest BCUT2D eigenvalue weighted by Gasteiger charge is 2.33. The number of carboxylic acids is 1. The molecule has 1 heterocycles. The van der Waals surface area contributed by atoms with E-state index in [1.165, 1.54) is 16.2 Å². The lowest BCUT2D eigenvalue weighted by molar-refractivity contribution is -0.144. The fraction of sp³-hybridized carbons (Fsp3) is 0.545. The van der Waals surface area contributed by atoms with Crippen LogP contribution in [0.4, 0.5) is 0 Å². The van der Waals surface area contributed by atoms with E-state index in [0.717, 1.165) is 18.5 Å². The number of rotatable bonds is 6. The number of amides is 1. The van der Waals surface area contributed by atoms with Crippen LogP contribution in [0.3, 0.4) is 0 Å². The normalized spacial score (nSPS) is 14.6. The van der Waals surface area contributed by atoms with E-state index in [4.69, 9.17) is 5.11 Å². The third-order valence-corrected chi connectivity index (χ3v) is 3.33. The minimum absolute atomic E-state index is 0.0806. The predicted octanol–water partition coefficient (Wildman–Crippen LogP) is 1.15. The zero-order valence-corrected chi connectivity index (χ0v) is 10.2. The number of carboxylic acid groups (broad SMARTS) is 1. The van der Waals surface area contributed by atoms with Crippen LogP contribution in [0, 0.1) is 0 Å². The Hall–Kier alpha value is -1.43. The highest BCUT2D eigenvalue weighted by Crippen LogP contribution is 2.27. The van der Waals surface area contributed by atoms with E-state index in [9.17, 15) is 9.59 Å². The molecule has 92 valence electrons. The molecule has 1 fully saturated rings. The number of aromatic nitrogens is 1. The molecule has 0 aliphatic heterocycles. The summed E-state index contributed by atoms with van der Waals surface area (Å²) in [5.41, 5.74) is 2.63. The Bertz CT molecular complexity index is 401. The first-order valence-electron chi connectivity index (χ1n) is 5.55. The lowest BCUT2D eigenvalue weighted by Gasteiger charge is -2.19. The van der Waals surface area contributed by atoms with Crippen molar-refractivity contribution in [1.82, 2.24) is 9.88 Å². The number of carbonyl (C=O) groups excluding carboxylic acids is 1. The molecule has 0 bridgehead atoms. The summed E-state index contributed by atoms with van der Waals surface area (Å²) in [6.07, 6.45) is 2.78. The van der Waals surface area contributed by atoms with Gasteiger partial charge in [0.15, 0.2) is 0 Å². The Morgan fingerprint density at radius 1 is 1.53 bits per heavy atom. The summed E-state index contributed by atoms with van der Waals surface area (Å²) >= 11 is 1.50. The van der Waals surface area contributed by atoms with Crippen LogP contribution in [0.5, 0.6) is 0 Å². The van der Waals surface area contributed by atoms with Gasteiger partial charge in [0.25, 0.3) is 0 Å². The smallest absolute Gasteiger partial charge is 0.323 e. The van der Waals surface area contributed by atoms with Crippen LogP contribution >= 0.6 is 11.3 Å². The lowest BCUT2D eigenvalue weighted by atomic mass is 10.2. The summed E-state index contributed by atoms with van der Waals surface area (Å²) < 4.78 is 0. The second-order valence-corrected chi connectivity index (χ2v) is 4.85. The molecule has 0 atom stereocenters. The molecule has 1 aromatic heterocycles. The van der Waals surface area contributed by atoms with E-state index in [2.05, 4.69) is 4.98 Å². The molecule has 1 amide bonds. The van der Waals surface area contributed by atoms with Crippen molar-refractivity contribution in [1.29, 1.82) is 0 Å². The average Bonchev–Trinajstić information content (AvgIpc) is 2.99. The summed E-state index contributed by atoms with van der Waals surface area (Å²) in [6.45, 7) is -0.180. The Morgan fingerprint density at radius 3 is 2.82 bits per heavy atom. The first-order chi connectivity index (χ1) is 8.16. The Kier molecular flexibility index (Phi) is 3.73. The minimum atomic E-state index is -0.945. The van der Waals surface area contributed by atoms with Gasteiger partial charge in [-0.05, 0) is 19.3 Å². The molecule has 1 aliphatic rings. The molecule has 0 spiro atoms. The number of thiazole rings is 1. The number of nitrogens with zero attached hydrogens (tertiary/aromatic N) is 2. The standard InChI is InChI=1S/C11H14N2O3S/c14-10(4-1-8-6-17-7-12-8)13(5-11(15)16)9-2-3-9/h6-7,9H,1-5H2,(H,15,16). The van der Waals surface area contributed by atoms with Crippen molar-refractivity contribution in [2.75, 3.05) is 6.54 Å². The van der Waals surface area contributed by atoms with Gasteiger partial charge in [0, 0.05) is 17.8 Å². The number of aryl methyl sites for hydroxylation is 1. The Morgan fingerprint density at radius 2 is 2.29 bits per heavy atom. The first-order valence-corrected chi connectivity index (χ1v) is 6.49. The van der Waals surface area contributed by atoms with E-state index in [1.807, 2.05) is 5.38 Å². The second kappa shape index (κ2) is 5.27. The van der Waals surface area contributed by atoms with Crippen LogP contribution in [0.25, 0.3) is 0 Å². The number of carbonyl (C=O) groups is 2. The third kappa shape index (κ3) is 3.52. The SMILES string of the molecule is O=C(O)CN(C(=O)CCc1cscn1)C1CC1. The second-order valence-electron chi connectivity index (χ2n) is 4.13. The van der Waals surface area contributed by atoms with Crippen LogP contribution in [-0.2, 0) is 16.0 Å². The zero-order chi connectivity index (χ0) is 12.3. The highest BCUT2D eigenvalue weighted by molar-refractivity contribution is 7.07. The lowest BCUT2D eigenvalue weighted by Crippen LogP contribution is -2.37. The Balaban J connectivity index is 1.85. The summed E-state index contributed by atoms with van der Waals surface area (Å²) in [7, 11) is 0. The van der Waals surface area contributed by atoms with Gasteiger partial charge in [-0.2, -0.15) is 0 Å². The summed E-state index contributed by atoms with van der Waals surface area (Å²) in [5, 5.41) is 10.7. The molecular formula is C11H14N2O3S. The maximum absolute atomic E-state index is 11.9. The predicted molar refractivity (Wildman–Crippen MR) is 62.8 cm³/mol. The van der Waals surface area contributed by atoms with E-state index < -0.39 is 5.97 Å². The van der Waals surface area contributed by atoms with Gasteiger partial charge in [-0.15, -0.1) is 11.3 Å². The minimum Gasteiger partial charge on any atom is -0.480 e. The summed E-state index contributed by atoms with van der Waals surface area (Å²) in [6, 6.07) is 0.147. The van der Waals surface area contributed by atoms with Crippen LogP contribution in [0.1, 0.15) is 25.0 Å². The van der Waals surface area contributed by atoms with Gasteiger partial charge in [0.05, 0.1) is 11.2 Å². The molecule has 1 aliphatic carbocycles. The molecular weight excluding hydrogens is 240 g/mol. The number of aliphatic carboxylic acids is 1. The molecule has 0 aromatic carbocycles. The van der Waals surface area contributed by atoms with Crippen molar-refractivity contribution >= 4 is 23.2 Å². The van der Waals surface area contributed by atoms with Gasteiger partial charge in [-0.1, -0.05) is 0 Å². The van der Waals surface area contributed by atoms with Crippen molar-refractivity contribution < 1.29 is 14.7 Å². The van der Waals surface area contributed by atoms with Crippen LogP contribution in [0.2, 0.25) is 0 Å². The van der Waals surface area contributed by atoms with E-state index in [0.29, 0.717) is 12.8 Å². The molecule has 1 N–H and O–H groups in total. The fourth-order valence-corrected chi connectivity index (χ4v) is 2.29. The monoisotopic (exact) mass is 254 g/mol. The maximum Gasteiger partial charge on any atom is 0.323 e. The van der Waals surface area contributed by atoms with Gasteiger partial charge in [0.2, 0.25) is 5.91 Å². The third-order valence-electron chi connectivity index (χ3n) is 2.69. The van der Waals surface area contributed by atoms with Crippen molar-refractivity contribution in [2.24, 2.45) is 0 Å². The van der Waals surface area contributed by atoms with Gasteiger partial charge >= 0.3 is 5.97 Å². The Labute approximate surface area is 103 Å². The summed E-state index contributed by atoms with van der Waals surface area (Å²) in [4.78, 5) is 28.1. The van der Waals surface area contributed by atoms with Crippen LogP contribution in [-0.4, -0.2) is 39.5 Å². The van der Waals surface area contributed by atoms with Gasteiger partial charge < -0.3 is 10.0 Å². The number of hydrogen-bond acceptors (Lipinski definition) is 4. The van der Waals surface area contributed by atoms with Gasteiger partial charge in [0.1, 0.15) is 6.54 Å². The van der Waals surface area contributed by atoms with E-state index in [1.54, 1.807) is 5.51 Å². The maximum atomic E-state index is 11.9. The van der Waals surface area contributed by atoms with Crippen molar-refractivity contribution in [2.45, 2.75) is 31.7 Å². The zero-order valence-electron chi connectivity index (χ0n) is 9.33. The molecule has 0 radical (unpaired) electrons. The molecule has 0 unspecified atom stereocenters.